The first-order valence-electron chi connectivity index (χ1n) is 10.8. The van der Waals surface area contributed by atoms with Gasteiger partial charge >= 0.3 is 0 Å². The van der Waals surface area contributed by atoms with E-state index in [2.05, 4.69) is 45.0 Å². The Balaban J connectivity index is 1.91. The molecule has 6 nitrogen and oxygen atoms in total. The van der Waals surface area contributed by atoms with E-state index in [4.69, 9.17) is 15.0 Å². The van der Waals surface area contributed by atoms with Crippen molar-refractivity contribution >= 4 is 33.2 Å². The number of benzene rings is 2. The van der Waals surface area contributed by atoms with Gasteiger partial charge < -0.3 is 0 Å². The average Bonchev–Trinajstić information content (AvgIpc) is 3.11. The number of para-hydroxylation sites is 2. The van der Waals surface area contributed by atoms with E-state index in [1.807, 2.05) is 35.8 Å². The van der Waals surface area contributed by atoms with Crippen molar-refractivity contribution in [2.45, 2.75) is 46.1 Å². The lowest BCUT2D eigenvalue weighted by atomic mass is 10.0. The summed E-state index contributed by atoms with van der Waals surface area (Å²) in [5.41, 5.74) is 5.49. The van der Waals surface area contributed by atoms with Crippen LogP contribution in [-0.4, -0.2) is 24.1 Å². The van der Waals surface area contributed by atoms with Gasteiger partial charge in [0.05, 0.1) is 11.0 Å². The van der Waals surface area contributed by atoms with Crippen LogP contribution in [0, 0.1) is 0 Å². The summed E-state index contributed by atoms with van der Waals surface area (Å²) in [4.78, 5) is 28.0. The van der Waals surface area contributed by atoms with Crippen molar-refractivity contribution in [1.29, 1.82) is 0 Å². The van der Waals surface area contributed by atoms with E-state index in [1.54, 1.807) is 10.9 Å². The van der Waals surface area contributed by atoms with Crippen molar-refractivity contribution in [2.24, 2.45) is 0 Å². The first-order chi connectivity index (χ1) is 15.0. The van der Waals surface area contributed by atoms with Gasteiger partial charge in [-0.2, -0.15) is 0 Å². The number of rotatable bonds is 4. The van der Waals surface area contributed by atoms with Crippen molar-refractivity contribution in [1.82, 2.24) is 24.1 Å². The van der Waals surface area contributed by atoms with Crippen LogP contribution in [0.3, 0.4) is 0 Å². The van der Waals surface area contributed by atoms with Gasteiger partial charge in [-0.05, 0) is 49.1 Å². The average molecular weight is 412 g/mol. The molecule has 0 saturated heterocycles. The van der Waals surface area contributed by atoms with Crippen molar-refractivity contribution in [3.05, 3.63) is 70.8 Å². The zero-order valence-electron chi connectivity index (χ0n) is 18.2. The maximum absolute atomic E-state index is 13.5. The fourth-order valence-electron chi connectivity index (χ4n) is 4.01. The number of fused-ring (bicyclic) bond motifs is 4. The highest BCUT2D eigenvalue weighted by atomic mass is 16.1. The highest BCUT2D eigenvalue weighted by Gasteiger charge is 2.21. The summed E-state index contributed by atoms with van der Waals surface area (Å²) in [6.07, 6.45) is 2.49. The molecule has 0 bridgehead atoms. The minimum Gasteiger partial charge on any atom is -0.296 e. The molecule has 0 aliphatic carbocycles. The zero-order chi connectivity index (χ0) is 21.7. The van der Waals surface area contributed by atoms with Crippen molar-refractivity contribution in [3.63, 3.8) is 0 Å². The SMILES string of the molecule is CCC(C)n1cnc2c(c1=O)c1nc3ccccc3nc1n2-c1ccc(C(C)C)cc1. The standard InChI is InChI=1S/C25H25N5O/c1-5-16(4)29-14-26-23-21(25(29)31)22-24(28-20-9-7-6-8-19(20)27-22)30(23)18-12-10-17(11-13-18)15(2)3/h6-16H,5H2,1-4H3. The van der Waals surface area contributed by atoms with Crippen LogP contribution in [0.1, 0.15) is 51.6 Å². The molecule has 5 aromatic rings. The van der Waals surface area contributed by atoms with Gasteiger partial charge in [0, 0.05) is 11.7 Å². The van der Waals surface area contributed by atoms with E-state index in [0.29, 0.717) is 28.1 Å². The molecule has 3 aromatic heterocycles. The van der Waals surface area contributed by atoms with Crippen LogP contribution < -0.4 is 5.56 Å². The van der Waals surface area contributed by atoms with E-state index < -0.39 is 0 Å². The minimum atomic E-state index is -0.0773. The van der Waals surface area contributed by atoms with Crippen LogP contribution in [-0.2, 0) is 0 Å². The monoisotopic (exact) mass is 411 g/mol. The molecule has 2 aromatic carbocycles. The molecule has 0 fully saturated rings. The number of hydrogen-bond acceptors (Lipinski definition) is 4. The van der Waals surface area contributed by atoms with Crippen LogP contribution in [0.25, 0.3) is 38.9 Å². The molecule has 1 atom stereocenters. The van der Waals surface area contributed by atoms with Gasteiger partial charge in [-0.15, -0.1) is 0 Å². The Bertz CT molecular complexity index is 1480. The summed E-state index contributed by atoms with van der Waals surface area (Å²) in [5, 5.41) is 0.518. The van der Waals surface area contributed by atoms with Crippen LogP contribution in [0.15, 0.2) is 59.7 Å². The second kappa shape index (κ2) is 7.30. The lowest BCUT2D eigenvalue weighted by molar-refractivity contribution is 0.510. The first-order valence-corrected chi connectivity index (χ1v) is 10.8. The van der Waals surface area contributed by atoms with Gasteiger partial charge in [-0.1, -0.05) is 45.0 Å². The van der Waals surface area contributed by atoms with Crippen LogP contribution in [0.4, 0.5) is 0 Å². The molecule has 156 valence electrons. The quantitative estimate of drug-likeness (QED) is 0.398. The van der Waals surface area contributed by atoms with E-state index >= 15 is 0 Å². The van der Waals surface area contributed by atoms with Gasteiger partial charge in [-0.3, -0.25) is 13.9 Å². The van der Waals surface area contributed by atoms with E-state index in [-0.39, 0.29) is 11.6 Å². The summed E-state index contributed by atoms with van der Waals surface area (Å²) in [6.45, 7) is 8.44. The Labute approximate surface area is 180 Å². The smallest absolute Gasteiger partial charge is 0.265 e. The molecule has 0 aliphatic rings. The molecule has 5 rings (SSSR count). The summed E-state index contributed by atoms with van der Waals surface area (Å²) < 4.78 is 3.65. The maximum atomic E-state index is 13.5. The van der Waals surface area contributed by atoms with Gasteiger partial charge in [0.2, 0.25) is 0 Å². The largest absolute Gasteiger partial charge is 0.296 e. The second-order valence-corrected chi connectivity index (χ2v) is 8.38. The third kappa shape index (κ3) is 3.02. The van der Waals surface area contributed by atoms with Gasteiger partial charge in [0.25, 0.3) is 5.56 Å². The Hall–Kier alpha value is -3.54. The molecule has 0 aliphatic heterocycles. The summed E-state index contributed by atoms with van der Waals surface area (Å²) in [7, 11) is 0. The Kier molecular flexibility index (Phi) is 4.58. The summed E-state index contributed by atoms with van der Waals surface area (Å²) in [5.74, 6) is 0.441. The highest BCUT2D eigenvalue weighted by Crippen LogP contribution is 2.29. The molecule has 31 heavy (non-hydrogen) atoms. The van der Waals surface area contributed by atoms with Crippen LogP contribution in [0.5, 0.6) is 0 Å². The topological polar surface area (TPSA) is 65.6 Å². The third-order valence-electron chi connectivity index (χ3n) is 6.07. The summed E-state index contributed by atoms with van der Waals surface area (Å²) >= 11 is 0. The van der Waals surface area contributed by atoms with Gasteiger partial charge in [-0.25, -0.2) is 15.0 Å². The molecule has 0 N–H and O–H groups in total. The molecule has 6 heteroatoms. The van der Waals surface area contributed by atoms with Crippen molar-refractivity contribution in [2.75, 3.05) is 0 Å². The molecule has 1 unspecified atom stereocenters. The van der Waals surface area contributed by atoms with E-state index in [9.17, 15) is 4.79 Å². The molecule has 3 heterocycles. The number of nitrogens with zero attached hydrogens (tertiary/aromatic N) is 5. The number of hydrogen-bond donors (Lipinski definition) is 0. The predicted octanol–water partition coefficient (Wildman–Crippen LogP) is 5.38. The Morgan fingerprint density at radius 3 is 2.23 bits per heavy atom. The third-order valence-corrected chi connectivity index (χ3v) is 6.07. The molecule has 0 spiro atoms. The van der Waals surface area contributed by atoms with Crippen LogP contribution in [0.2, 0.25) is 0 Å². The molecule has 0 amide bonds. The molecular formula is C25H25N5O. The maximum Gasteiger partial charge on any atom is 0.265 e. The number of aromatic nitrogens is 5. The van der Waals surface area contributed by atoms with Gasteiger partial charge in [0.15, 0.2) is 11.3 Å². The fraction of sp³-hybridized carbons (Fsp3) is 0.280. The van der Waals surface area contributed by atoms with E-state index in [0.717, 1.165) is 23.1 Å². The van der Waals surface area contributed by atoms with Crippen LogP contribution >= 0.6 is 0 Å². The Morgan fingerprint density at radius 1 is 0.903 bits per heavy atom. The fourth-order valence-corrected chi connectivity index (χ4v) is 4.01. The van der Waals surface area contributed by atoms with Gasteiger partial charge in [0.1, 0.15) is 17.2 Å². The molecular weight excluding hydrogens is 386 g/mol. The molecule has 0 saturated carbocycles. The predicted molar refractivity (Wildman–Crippen MR) is 125 cm³/mol. The minimum absolute atomic E-state index is 0.0570. The van der Waals surface area contributed by atoms with Crippen molar-refractivity contribution < 1.29 is 0 Å². The van der Waals surface area contributed by atoms with Crippen molar-refractivity contribution in [3.8, 4) is 5.69 Å². The second-order valence-electron chi connectivity index (χ2n) is 8.38. The highest BCUT2D eigenvalue weighted by molar-refractivity contribution is 6.05. The molecule has 0 radical (unpaired) electrons. The first kappa shape index (κ1) is 19.4. The van der Waals surface area contributed by atoms with E-state index in [1.165, 1.54) is 5.56 Å². The summed E-state index contributed by atoms with van der Waals surface area (Å²) in [6, 6.07) is 16.2. The Morgan fingerprint density at radius 2 is 1.58 bits per heavy atom. The normalized spacial score (nSPS) is 12.9. The lowest BCUT2D eigenvalue weighted by Gasteiger charge is -2.12. The lowest BCUT2D eigenvalue weighted by Crippen LogP contribution is -2.23. The zero-order valence-corrected chi connectivity index (χ0v) is 18.2.